The molecule has 0 aromatic heterocycles. The molecule has 112 valence electrons. The molecule has 1 unspecified atom stereocenters. The average molecular weight is 294 g/mol. The van der Waals surface area contributed by atoms with Crippen LogP contribution in [0, 0.1) is 12.5 Å². The highest BCUT2D eigenvalue weighted by Gasteiger charge is 2.63. The van der Waals surface area contributed by atoms with Crippen molar-refractivity contribution in [3.63, 3.8) is 0 Å². The molecule has 4 heteroatoms. The van der Waals surface area contributed by atoms with E-state index in [4.69, 9.17) is 11.3 Å². The minimum atomic E-state index is -0.586. The molecular formula is C18H18N2O2. The molecule has 5 rings (SSSR count). The van der Waals surface area contributed by atoms with Gasteiger partial charge in [0.05, 0.1) is 6.57 Å². The van der Waals surface area contributed by atoms with Crippen molar-refractivity contribution in [3.05, 3.63) is 46.8 Å². The van der Waals surface area contributed by atoms with E-state index in [2.05, 4.69) is 28.9 Å². The maximum absolute atomic E-state index is 10.5. The fourth-order valence-corrected chi connectivity index (χ4v) is 5.33. The first kappa shape index (κ1) is 12.7. The molecule has 0 saturated carbocycles. The fourth-order valence-electron chi connectivity index (χ4n) is 5.33. The quantitative estimate of drug-likeness (QED) is 0.588. The van der Waals surface area contributed by atoms with Gasteiger partial charge in [0.25, 0.3) is 0 Å². The van der Waals surface area contributed by atoms with Gasteiger partial charge in [0.15, 0.2) is 0 Å². The summed E-state index contributed by atoms with van der Waals surface area (Å²) >= 11 is 0. The van der Waals surface area contributed by atoms with Gasteiger partial charge < -0.3 is 14.7 Å². The molecule has 2 heterocycles. The Morgan fingerprint density at radius 2 is 2.27 bits per heavy atom. The van der Waals surface area contributed by atoms with Crippen LogP contribution in [0.5, 0.6) is 5.75 Å². The fraction of sp³-hybridized carbons (Fsp3) is 0.500. The number of likely N-dealkylation sites (N-methyl/N-ethyl adjacent to an activating group) is 1. The maximum Gasteiger partial charge on any atom is 0.228 e. The van der Waals surface area contributed by atoms with Crippen molar-refractivity contribution < 1.29 is 9.84 Å². The Labute approximate surface area is 129 Å². The second kappa shape index (κ2) is 3.92. The molecule has 2 aliphatic carbocycles. The lowest BCUT2D eigenvalue weighted by Crippen LogP contribution is -2.64. The SMILES string of the molecule is [C-]#[N+]c1ccc2c3c1OC1[C@@H](O)C=C[C@H]4[C@@H](C2)N(C)CC[C@]314. The van der Waals surface area contributed by atoms with Crippen molar-refractivity contribution in [2.24, 2.45) is 5.92 Å². The number of ether oxygens (including phenoxy) is 1. The van der Waals surface area contributed by atoms with Gasteiger partial charge in [-0.2, -0.15) is 0 Å². The zero-order chi connectivity index (χ0) is 15.1. The van der Waals surface area contributed by atoms with Gasteiger partial charge in [0.1, 0.15) is 18.0 Å². The standard InChI is InChI=1S/C18H18N2O2/c1-19-12-5-3-10-9-13-11-4-6-14(21)17-18(11,7-8-20(13)2)15(10)16(12)22-17/h3-6,11,13-14,17,21H,7-9H2,2H3/t11-,13+,14-,17?,18-/m0/s1. The van der Waals surface area contributed by atoms with Crippen LogP contribution in [0.4, 0.5) is 5.69 Å². The molecule has 2 bridgehead atoms. The third-order valence-electron chi connectivity index (χ3n) is 6.27. The van der Waals surface area contributed by atoms with Crippen molar-refractivity contribution in [1.82, 2.24) is 4.90 Å². The Balaban J connectivity index is 1.85. The van der Waals surface area contributed by atoms with Crippen molar-refractivity contribution in [3.8, 4) is 5.75 Å². The number of benzene rings is 1. The minimum Gasteiger partial charge on any atom is -0.497 e. The number of rotatable bonds is 0. The molecule has 0 radical (unpaired) electrons. The maximum atomic E-state index is 10.5. The van der Waals surface area contributed by atoms with Crippen LogP contribution in [0.1, 0.15) is 17.5 Å². The molecule has 4 nitrogen and oxygen atoms in total. The topological polar surface area (TPSA) is 37.1 Å². The first-order chi connectivity index (χ1) is 10.7. The summed E-state index contributed by atoms with van der Waals surface area (Å²) in [7, 11) is 2.20. The molecule has 22 heavy (non-hydrogen) atoms. The Hall–Kier alpha value is -1.83. The molecule has 1 saturated heterocycles. The number of hydrogen-bond acceptors (Lipinski definition) is 3. The van der Waals surface area contributed by atoms with Gasteiger partial charge in [-0.05, 0) is 37.6 Å². The highest BCUT2D eigenvalue weighted by molar-refractivity contribution is 5.69. The van der Waals surface area contributed by atoms with Crippen LogP contribution in [-0.2, 0) is 11.8 Å². The summed E-state index contributed by atoms with van der Waals surface area (Å²) in [6.45, 7) is 8.44. The summed E-state index contributed by atoms with van der Waals surface area (Å²) < 4.78 is 6.21. The Morgan fingerprint density at radius 1 is 1.41 bits per heavy atom. The normalized spacial score (nSPS) is 40.8. The van der Waals surface area contributed by atoms with Crippen LogP contribution in [0.3, 0.4) is 0 Å². The highest BCUT2D eigenvalue weighted by atomic mass is 16.5. The Kier molecular flexibility index (Phi) is 2.26. The van der Waals surface area contributed by atoms with Crippen molar-refractivity contribution >= 4 is 5.69 Å². The van der Waals surface area contributed by atoms with Crippen LogP contribution in [0.25, 0.3) is 4.85 Å². The first-order valence-corrected chi connectivity index (χ1v) is 7.94. The average Bonchev–Trinajstić information content (AvgIpc) is 2.88. The molecule has 1 aromatic rings. The van der Waals surface area contributed by atoms with E-state index in [0.29, 0.717) is 17.6 Å². The van der Waals surface area contributed by atoms with E-state index < -0.39 is 6.10 Å². The predicted molar refractivity (Wildman–Crippen MR) is 82.2 cm³/mol. The summed E-state index contributed by atoms with van der Waals surface area (Å²) in [6, 6.07) is 4.44. The van der Waals surface area contributed by atoms with E-state index in [-0.39, 0.29) is 11.5 Å². The molecule has 1 fully saturated rings. The zero-order valence-electron chi connectivity index (χ0n) is 12.5. The number of likely N-dealkylation sites (tertiary alicyclic amines) is 1. The number of aliphatic hydroxyl groups is 1. The van der Waals surface area contributed by atoms with Gasteiger partial charge in [-0.1, -0.05) is 24.3 Å². The smallest absolute Gasteiger partial charge is 0.228 e. The molecular weight excluding hydrogens is 276 g/mol. The third-order valence-corrected chi connectivity index (χ3v) is 6.27. The monoisotopic (exact) mass is 294 g/mol. The van der Waals surface area contributed by atoms with Gasteiger partial charge >= 0.3 is 0 Å². The Bertz CT molecular complexity index is 750. The summed E-state index contributed by atoms with van der Waals surface area (Å²) in [4.78, 5) is 6.09. The first-order valence-electron chi connectivity index (χ1n) is 7.94. The molecule has 1 spiro atoms. The van der Waals surface area contributed by atoms with Crippen LogP contribution < -0.4 is 4.74 Å². The van der Waals surface area contributed by atoms with Gasteiger partial charge in [-0.25, -0.2) is 4.85 Å². The van der Waals surface area contributed by atoms with E-state index in [1.54, 1.807) is 0 Å². The lowest BCUT2D eigenvalue weighted by molar-refractivity contribution is -0.0449. The van der Waals surface area contributed by atoms with Crippen LogP contribution in [0.15, 0.2) is 24.3 Å². The minimum absolute atomic E-state index is 0.144. The number of hydrogen-bond donors (Lipinski definition) is 1. The summed E-state index contributed by atoms with van der Waals surface area (Å²) in [5.74, 6) is 1.11. The number of piperidine rings is 1. The third kappa shape index (κ3) is 1.22. The van der Waals surface area contributed by atoms with Crippen LogP contribution in [0.2, 0.25) is 0 Å². The van der Waals surface area contributed by atoms with Gasteiger partial charge in [-0.3, -0.25) is 0 Å². The molecule has 1 aromatic carbocycles. The van der Waals surface area contributed by atoms with E-state index >= 15 is 0 Å². The largest absolute Gasteiger partial charge is 0.497 e. The van der Waals surface area contributed by atoms with Crippen molar-refractivity contribution in [2.75, 3.05) is 13.6 Å². The van der Waals surface area contributed by atoms with Crippen molar-refractivity contribution in [2.45, 2.75) is 36.5 Å². The second-order valence-corrected chi connectivity index (χ2v) is 7.04. The number of aliphatic hydroxyl groups excluding tert-OH is 1. The number of nitrogens with zero attached hydrogens (tertiary/aromatic N) is 2. The van der Waals surface area contributed by atoms with E-state index in [1.165, 1.54) is 11.1 Å². The summed E-state index contributed by atoms with van der Waals surface area (Å²) in [5, 5.41) is 10.5. The summed E-state index contributed by atoms with van der Waals surface area (Å²) in [5.41, 5.74) is 2.98. The Morgan fingerprint density at radius 3 is 3.09 bits per heavy atom. The van der Waals surface area contributed by atoms with Gasteiger partial charge in [-0.15, -0.1) is 0 Å². The molecule has 1 N–H and O–H groups in total. The van der Waals surface area contributed by atoms with Gasteiger partial charge in [0.2, 0.25) is 5.69 Å². The van der Waals surface area contributed by atoms with Crippen molar-refractivity contribution in [1.29, 1.82) is 0 Å². The molecule has 2 aliphatic heterocycles. The molecule has 0 amide bonds. The highest BCUT2D eigenvalue weighted by Crippen LogP contribution is 2.62. The van der Waals surface area contributed by atoms with Crippen LogP contribution in [-0.4, -0.2) is 41.8 Å². The lowest BCUT2D eigenvalue weighted by atomic mass is 9.53. The van der Waals surface area contributed by atoms with E-state index in [9.17, 15) is 5.11 Å². The van der Waals surface area contributed by atoms with Gasteiger partial charge in [0, 0.05) is 17.4 Å². The van der Waals surface area contributed by atoms with E-state index in [1.807, 2.05) is 12.1 Å². The summed E-state index contributed by atoms with van der Waals surface area (Å²) in [6.07, 6.45) is 5.26. The second-order valence-electron chi connectivity index (χ2n) is 7.04. The van der Waals surface area contributed by atoms with E-state index in [0.717, 1.165) is 25.1 Å². The predicted octanol–water partition coefficient (Wildman–Crippen LogP) is 2.04. The lowest BCUT2D eigenvalue weighted by Gasteiger charge is -2.56. The molecule has 5 atom stereocenters. The zero-order valence-corrected chi connectivity index (χ0v) is 12.5. The van der Waals surface area contributed by atoms with Crippen LogP contribution >= 0.6 is 0 Å². The molecule has 4 aliphatic rings.